The van der Waals surface area contributed by atoms with Gasteiger partial charge < -0.3 is 0 Å². The summed E-state index contributed by atoms with van der Waals surface area (Å²) in [7, 11) is 0. The molecule has 0 amide bonds. The van der Waals surface area contributed by atoms with Gasteiger partial charge in [0.1, 0.15) is 11.0 Å². The minimum absolute atomic E-state index is 0.0587. The van der Waals surface area contributed by atoms with Gasteiger partial charge >= 0.3 is 0 Å². The Balaban J connectivity index is 2.87. The molecule has 0 aliphatic carbocycles. The van der Waals surface area contributed by atoms with Gasteiger partial charge in [0, 0.05) is 0 Å². The molecule has 0 aliphatic heterocycles. The Kier molecular flexibility index (Phi) is 2.19. The van der Waals surface area contributed by atoms with Gasteiger partial charge in [-0.15, -0.1) is 0 Å². The fourth-order valence-electron chi connectivity index (χ4n) is 0.846. The fraction of sp³-hybridized carbons (Fsp3) is 0. The first-order valence-corrected chi connectivity index (χ1v) is 4.31. The lowest BCUT2D eigenvalue weighted by molar-refractivity contribution is 1.15. The number of hydrogen-bond acceptors (Lipinski definition) is 4. The molecule has 0 aliphatic rings. The number of hydrogen-bond donors (Lipinski definition) is 0. The highest BCUT2D eigenvalue weighted by molar-refractivity contribution is 6.35. The van der Waals surface area contributed by atoms with E-state index in [9.17, 15) is 0 Å². The molecule has 66 valence electrons. The molecule has 0 spiro atoms. The van der Waals surface area contributed by atoms with E-state index in [1.165, 1.54) is 6.20 Å². The maximum absolute atomic E-state index is 5.75. The van der Waals surface area contributed by atoms with E-state index in [1.807, 2.05) is 0 Å². The first-order chi connectivity index (χ1) is 6.16. The lowest BCUT2D eigenvalue weighted by Crippen LogP contribution is -1.91. The zero-order chi connectivity index (χ0) is 9.42. The van der Waals surface area contributed by atoms with Crippen LogP contribution >= 0.6 is 34.8 Å². The Morgan fingerprint density at radius 3 is 2.46 bits per heavy atom. The second-order valence-corrected chi connectivity index (χ2v) is 3.19. The SMILES string of the molecule is Clc1nc(Cl)c2nc(Cl)ncc2n1. The number of rotatable bonds is 0. The average Bonchev–Trinajstić information content (AvgIpc) is 2.06. The van der Waals surface area contributed by atoms with E-state index in [-0.39, 0.29) is 15.7 Å². The van der Waals surface area contributed by atoms with Crippen LogP contribution in [0.3, 0.4) is 0 Å². The third-order valence-corrected chi connectivity index (χ3v) is 1.95. The van der Waals surface area contributed by atoms with E-state index in [2.05, 4.69) is 19.9 Å². The standard InChI is InChI=1S/C6HCl3N4/c7-4-3-2(11-6(9)13-4)1-10-5(8)12-3/h1H. The monoisotopic (exact) mass is 234 g/mol. The molecule has 4 nitrogen and oxygen atoms in total. The van der Waals surface area contributed by atoms with Crippen molar-refractivity contribution < 1.29 is 0 Å². The molecule has 0 radical (unpaired) electrons. The summed E-state index contributed by atoms with van der Waals surface area (Å²) in [5, 5.41) is 0.322. The van der Waals surface area contributed by atoms with E-state index in [1.54, 1.807) is 0 Å². The fourth-order valence-corrected chi connectivity index (χ4v) is 1.42. The molecule has 13 heavy (non-hydrogen) atoms. The van der Waals surface area contributed by atoms with Gasteiger partial charge in [0.25, 0.3) is 0 Å². The molecule has 0 aromatic carbocycles. The second-order valence-electron chi connectivity index (χ2n) is 2.16. The summed E-state index contributed by atoms with van der Waals surface area (Å²) in [6.07, 6.45) is 1.43. The van der Waals surface area contributed by atoms with Crippen LogP contribution in [0.15, 0.2) is 6.20 Å². The highest BCUT2D eigenvalue weighted by Crippen LogP contribution is 2.20. The Hall–Kier alpha value is -0.710. The quantitative estimate of drug-likeness (QED) is 0.520. The van der Waals surface area contributed by atoms with E-state index in [4.69, 9.17) is 34.8 Å². The first-order valence-electron chi connectivity index (χ1n) is 3.18. The van der Waals surface area contributed by atoms with Crippen LogP contribution in [0, 0.1) is 0 Å². The van der Waals surface area contributed by atoms with Crippen LogP contribution in [0.5, 0.6) is 0 Å². The molecule has 2 heterocycles. The van der Waals surface area contributed by atoms with Crippen molar-refractivity contribution >= 4 is 45.8 Å². The number of fused-ring (bicyclic) bond motifs is 1. The molecule has 0 atom stereocenters. The van der Waals surface area contributed by atoms with Crippen LogP contribution in [0.4, 0.5) is 0 Å². The maximum Gasteiger partial charge on any atom is 0.224 e. The zero-order valence-corrected chi connectivity index (χ0v) is 8.27. The molecule has 0 bridgehead atoms. The van der Waals surface area contributed by atoms with Gasteiger partial charge in [-0.25, -0.2) is 19.9 Å². The topological polar surface area (TPSA) is 51.6 Å². The predicted octanol–water partition coefficient (Wildman–Crippen LogP) is 2.38. The predicted molar refractivity (Wildman–Crippen MR) is 50.2 cm³/mol. The van der Waals surface area contributed by atoms with E-state index in [0.29, 0.717) is 11.0 Å². The number of aromatic nitrogens is 4. The minimum atomic E-state index is 0.0587. The van der Waals surface area contributed by atoms with Crippen molar-refractivity contribution in [2.24, 2.45) is 0 Å². The van der Waals surface area contributed by atoms with Crippen LogP contribution < -0.4 is 0 Å². The summed E-state index contributed by atoms with van der Waals surface area (Å²) < 4.78 is 0. The average molecular weight is 235 g/mol. The van der Waals surface area contributed by atoms with Crippen LogP contribution in [-0.4, -0.2) is 19.9 Å². The van der Waals surface area contributed by atoms with Gasteiger partial charge in [-0.3, -0.25) is 0 Å². The molecule has 2 aromatic rings. The Morgan fingerprint density at radius 1 is 0.923 bits per heavy atom. The van der Waals surface area contributed by atoms with Gasteiger partial charge in [0.05, 0.1) is 6.20 Å². The molecule has 0 fully saturated rings. The lowest BCUT2D eigenvalue weighted by Gasteiger charge is -1.98. The highest BCUT2D eigenvalue weighted by Gasteiger charge is 2.06. The van der Waals surface area contributed by atoms with Gasteiger partial charge in [-0.1, -0.05) is 11.6 Å². The molecule has 0 N–H and O–H groups in total. The van der Waals surface area contributed by atoms with Gasteiger partial charge in [-0.2, -0.15) is 0 Å². The summed E-state index contributed by atoms with van der Waals surface area (Å²) >= 11 is 16.9. The highest BCUT2D eigenvalue weighted by atomic mass is 35.5. The molecular formula is C6HCl3N4. The van der Waals surface area contributed by atoms with E-state index < -0.39 is 0 Å². The molecule has 0 unspecified atom stereocenters. The third-order valence-electron chi connectivity index (χ3n) is 1.34. The van der Waals surface area contributed by atoms with Crippen LogP contribution in [0.2, 0.25) is 15.7 Å². The zero-order valence-electron chi connectivity index (χ0n) is 6.00. The number of halogens is 3. The summed E-state index contributed by atoms with van der Waals surface area (Å²) in [6.45, 7) is 0. The molecule has 7 heteroatoms. The molecular weight excluding hydrogens is 234 g/mol. The molecule has 2 aromatic heterocycles. The molecule has 0 saturated heterocycles. The summed E-state index contributed by atoms with van der Waals surface area (Å²) in [5.74, 6) is 0. The summed E-state index contributed by atoms with van der Waals surface area (Å²) in [4.78, 5) is 15.2. The Labute approximate surface area is 87.9 Å². The third kappa shape index (κ3) is 1.65. The minimum Gasteiger partial charge on any atom is -0.224 e. The Bertz CT molecular complexity index is 473. The van der Waals surface area contributed by atoms with Crippen LogP contribution in [0.1, 0.15) is 0 Å². The van der Waals surface area contributed by atoms with Crippen LogP contribution in [-0.2, 0) is 0 Å². The van der Waals surface area contributed by atoms with Crippen molar-refractivity contribution in [2.75, 3.05) is 0 Å². The Morgan fingerprint density at radius 2 is 1.69 bits per heavy atom. The van der Waals surface area contributed by atoms with Crippen LogP contribution in [0.25, 0.3) is 11.0 Å². The van der Waals surface area contributed by atoms with Gasteiger partial charge in [0.15, 0.2) is 5.15 Å². The van der Waals surface area contributed by atoms with E-state index >= 15 is 0 Å². The molecule has 0 saturated carbocycles. The van der Waals surface area contributed by atoms with Crippen molar-refractivity contribution in [3.05, 3.63) is 21.9 Å². The maximum atomic E-state index is 5.75. The van der Waals surface area contributed by atoms with Gasteiger partial charge in [-0.05, 0) is 23.2 Å². The van der Waals surface area contributed by atoms with Crippen molar-refractivity contribution in [1.29, 1.82) is 0 Å². The van der Waals surface area contributed by atoms with E-state index in [0.717, 1.165) is 0 Å². The summed E-state index contributed by atoms with van der Waals surface area (Å²) in [5.41, 5.74) is 0.862. The first kappa shape index (κ1) is 8.87. The molecule has 2 rings (SSSR count). The largest absolute Gasteiger partial charge is 0.224 e. The van der Waals surface area contributed by atoms with Crippen molar-refractivity contribution in [3.63, 3.8) is 0 Å². The normalized spacial score (nSPS) is 10.7. The smallest absolute Gasteiger partial charge is 0.224 e. The van der Waals surface area contributed by atoms with Crippen molar-refractivity contribution in [1.82, 2.24) is 19.9 Å². The second kappa shape index (κ2) is 3.21. The number of nitrogens with zero attached hydrogens (tertiary/aromatic N) is 4. The summed E-state index contributed by atoms with van der Waals surface area (Å²) in [6, 6.07) is 0. The lowest BCUT2D eigenvalue weighted by atomic mass is 10.4. The van der Waals surface area contributed by atoms with Gasteiger partial charge in [0.2, 0.25) is 10.6 Å². The van der Waals surface area contributed by atoms with Crippen molar-refractivity contribution in [3.8, 4) is 0 Å². The van der Waals surface area contributed by atoms with Crippen molar-refractivity contribution in [2.45, 2.75) is 0 Å².